The molecule has 0 spiro atoms. The predicted molar refractivity (Wildman–Crippen MR) is 83.6 cm³/mol. The minimum atomic E-state index is -0.0605. The van der Waals surface area contributed by atoms with E-state index in [1.165, 1.54) is 38.5 Å². The van der Waals surface area contributed by atoms with Crippen LogP contribution in [0.2, 0.25) is 0 Å². The van der Waals surface area contributed by atoms with Crippen LogP contribution >= 0.6 is 0 Å². The molecule has 2 rings (SSSR count). The van der Waals surface area contributed by atoms with Gasteiger partial charge < -0.3 is 10.6 Å². The third kappa shape index (κ3) is 4.21. The zero-order valence-electron chi connectivity index (χ0n) is 13.5. The van der Waals surface area contributed by atoms with Gasteiger partial charge in [-0.15, -0.1) is 0 Å². The summed E-state index contributed by atoms with van der Waals surface area (Å²) in [6, 6.07) is 0.865. The molecular weight excluding hydrogens is 248 g/mol. The Morgan fingerprint density at radius 2 is 1.70 bits per heavy atom. The molecule has 2 saturated carbocycles. The van der Waals surface area contributed by atoms with Gasteiger partial charge in [0.1, 0.15) is 0 Å². The van der Waals surface area contributed by atoms with Gasteiger partial charge in [0.05, 0.1) is 6.04 Å². The van der Waals surface area contributed by atoms with Crippen molar-refractivity contribution in [3.05, 3.63) is 0 Å². The van der Waals surface area contributed by atoms with Gasteiger partial charge in [-0.3, -0.25) is 4.79 Å². The fourth-order valence-electron chi connectivity index (χ4n) is 3.79. The van der Waals surface area contributed by atoms with Crippen LogP contribution in [0.25, 0.3) is 0 Å². The van der Waals surface area contributed by atoms with Crippen molar-refractivity contribution in [2.45, 2.75) is 90.3 Å². The van der Waals surface area contributed by atoms with E-state index in [4.69, 9.17) is 0 Å². The lowest BCUT2D eigenvalue weighted by molar-refractivity contribution is -0.124. The predicted octanol–water partition coefficient (Wildman–Crippen LogP) is 3.24. The average Bonchev–Trinajstić information content (AvgIpc) is 2.45. The van der Waals surface area contributed by atoms with Crippen LogP contribution < -0.4 is 10.6 Å². The lowest BCUT2D eigenvalue weighted by Crippen LogP contribution is -2.52. The monoisotopic (exact) mass is 280 g/mol. The van der Waals surface area contributed by atoms with Gasteiger partial charge in [-0.25, -0.2) is 0 Å². The number of hydrogen-bond donors (Lipinski definition) is 2. The number of carbonyl (C=O) groups is 1. The molecule has 0 saturated heterocycles. The molecule has 3 nitrogen and oxygen atoms in total. The van der Waals surface area contributed by atoms with E-state index in [0.717, 1.165) is 18.8 Å². The van der Waals surface area contributed by atoms with E-state index < -0.39 is 0 Å². The molecule has 3 heteroatoms. The van der Waals surface area contributed by atoms with Crippen LogP contribution in [0.5, 0.6) is 0 Å². The molecule has 20 heavy (non-hydrogen) atoms. The fraction of sp³-hybridized carbons (Fsp3) is 0.941. The minimum absolute atomic E-state index is 0.0605. The maximum Gasteiger partial charge on any atom is 0.237 e. The van der Waals surface area contributed by atoms with Crippen LogP contribution in [0.1, 0.15) is 72.1 Å². The van der Waals surface area contributed by atoms with Crippen molar-refractivity contribution in [1.29, 1.82) is 0 Å². The van der Waals surface area contributed by atoms with Crippen LogP contribution in [0.4, 0.5) is 0 Å². The molecule has 0 aromatic carbocycles. The number of hydrogen-bond acceptors (Lipinski definition) is 2. The van der Waals surface area contributed by atoms with Gasteiger partial charge in [0, 0.05) is 12.1 Å². The lowest BCUT2D eigenvalue weighted by atomic mass is 9.78. The Hall–Kier alpha value is -0.570. The van der Waals surface area contributed by atoms with E-state index in [9.17, 15) is 4.79 Å². The summed E-state index contributed by atoms with van der Waals surface area (Å²) in [5.74, 6) is 1.64. The molecule has 4 unspecified atom stereocenters. The van der Waals surface area contributed by atoms with Crippen molar-refractivity contribution in [2.75, 3.05) is 0 Å². The molecule has 2 aliphatic carbocycles. The summed E-state index contributed by atoms with van der Waals surface area (Å²) < 4.78 is 0. The van der Waals surface area contributed by atoms with Crippen molar-refractivity contribution in [3.8, 4) is 0 Å². The highest BCUT2D eigenvalue weighted by atomic mass is 16.2. The topological polar surface area (TPSA) is 41.1 Å². The normalized spacial score (nSPS) is 33.6. The van der Waals surface area contributed by atoms with Crippen molar-refractivity contribution in [1.82, 2.24) is 10.6 Å². The number of nitrogens with one attached hydrogen (secondary N) is 2. The van der Waals surface area contributed by atoms with Crippen molar-refractivity contribution >= 4 is 5.91 Å². The third-order valence-electron chi connectivity index (χ3n) is 5.52. The van der Waals surface area contributed by atoms with Crippen LogP contribution in [0.15, 0.2) is 0 Å². The van der Waals surface area contributed by atoms with E-state index in [0.29, 0.717) is 18.0 Å². The van der Waals surface area contributed by atoms with Gasteiger partial charge in [0.15, 0.2) is 0 Å². The molecule has 0 bridgehead atoms. The first kappa shape index (κ1) is 15.8. The quantitative estimate of drug-likeness (QED) is 0.830. The van der Waals surface area contributed by atoms with Gasteiger partial charge in [-0.1, -0.05) is 46.0 Å². The highest BCUT2D eigenvalue weighted by molar-refractivity contribution is 5.81. The number of amides is 1. The second kappa shape index (κ2) is 7.44. The molecular formula is C17H32N2O. The molecule has 0 aliphatic heterocycles. The van der Waals surface area contributed by atoms with E-state index in [-0.39, 0.29) is 11.9 Å². The molecule has 0 aromatic rings. The smallest absolute Gasteiger partial charge is 0.237 e. The first-order valence-electron chi connectivity index (χ1n) is 8.64. The summed E-state index contributed by atoms with van der Waals surface area (Å²) in [5.41, 5.74) is 0. The van der Waals surface area contributed by atoms with Gasteiger partial charge in [-0.2, -0.15) is 0 Å². The van der Waals surface area contributed by atoms with Gasteiger partial charge >= 0.3 is 0 Å². The largest absolute Gasteiger partial charge is 0.352 e. The van der Waals surface area contributed by atoms with E-state index in [1.807, 2.05) is 6.92 Å². The summed E-state index contributed by atoms with van der Waals surface area (Å²) >= 11 is 0. The van der Waals surface area contributed by atoms with Crippen molar-refractivity contribution < 1.29 is 4.79 Å². The first-order valence-corrected chi connectivity index (χ1v) is 8.64. The van der Waals surface area contributed by atoms with Gasteiger partial charge in [-0.05, 0) is 38.0 Å². The van der Waals surface area contributed by atoms with Crippen molar-refractivity contribution in [3.63, 3.8) is 0 Å². The standard InChI is InChI=1S/C17H32N2O/c1-12-8-7-11-16(13(12)2)18-14(3)17(20)19-15-9-5-4-6-10-15/h12-16,18H,4-11H2,1-3H3,(H,19,20). The molecule has 2 N–H and O–H groups in total. The molecule has 4 atom stereocenters. The summed E-state index contributed by atoms with van der Waals surface area (Å²) in [6.07, 6.45) is 10.0. The Labute approximate surface area is 124 Å². The van der Waals surface area contributed by atoms with Crippen LogP contribution in [0, 0.1) is 11.8 Å². The number of rotatable bonds is 4. The second-order valence-corrected chi connectivity index (χ2v) is 7.11. The Kier molecular flexibility index (Phi) is 5.88. The van der Waals surface area contributed by atoms with E-state index >= 15 is 0 Å². The van der Waals surface area contributed by atoms with Gasteiger partial charge in [0.25, 0.3) is 0 Å². The Morgan fingerprint density at radius 3 is 2.40 bits per heavy atom. The second-order valence-electron chi connectivity index (χ2n) is 7.11. The van der Waals surface area contributed by atoms with Crippen molar-refractivity contribution in [2.24, 2.45) is 11.8 Å². The van der Waals surface area contributed by atoms with Gasteiger partial charge in [0.2, 0.25) is 5.91 Å². The Morgan fingerprint density at radius 1 is 1.00 bits per heavy atom. The Balaban J connectivity index is 1.77. The zero-order chi connectivity index (χ0) is 14.5. The maximum atomic E-state index is 12.3. The summed E-state index contributed by atoms with van der Waals surface area (Å²) in [4.78, 5) is 12.3. The lowest BCUT2D eigenvalue weighted by Gasteiger charge is -2.36. The molecule has 0 radical (unpaired) electrons. The highest BCUT2D eigenvalue weighted by Crippen LogP contribution is 2.29. The SMILES string of the molecule is CC(NC1CCCC(C)C1C)C(=O)NC1CCCCC1. The average molecular weight is 280 g/mol. The molecule has 2 fully saturated rings. The van der Waals surface area contributed by atoms with Crippen LogP contribution in [0.3, 0.4) is 0 Å². The number of carbonyl (C=O) groups excluding carboxylic acids is 1. The molecule has 0 heterocycles. The molecule has 2 aliphatic rings. The fourth-order valence-corrected chi connectivity index (χ4v) is 3.79. The summed E-state index contributed by atoms with van der Waals surface area (Å²) in [5, 5.41) is 6.81. The van der Waals surface area contributed by atoms with Crippen LogP contribution in [-0.2, 0) is 4.79 Å². The maximum absolute atomic E-state index is 12.3. The summed E-state index contributed by atoms with van der Waals surface area (Å²) in [6.45, 7) is 6.68. The minimum Gasteiger partial charge on any atom is -0.352 e. The highest BCUT2D eigenvalue weighted by Gasteiger charge is 2.29. The molecule has 0 aromatic heterocycles. The van der Waals surface area contributed by atoms with E-state index in [1.54, 1.807) is 0 Å². The first-order chi connectivity index (χ1) is 9.58. The van der Waals surface area contributed by atoms with Crippen LogP contribution in [-0.4, -0.2) is 24.0 Å². The summed E-state index contributed by atoms with van der Waals surface area (Å²) in [7, 11) is 0. The zero-order valence-corrected chi connectivity index (χ0v) is 13.5. The Bertz CT molecular complexity index is 312. The molecule has 116 valence electrons. The third-order valence-corrected chi connectivity index (χ3v) is 5.52. The van der Waals surface area contributed by atoms with E-state index in [2.05, 4.69) is 24.5 Å². The molecule has 1 amide bonds.